The van der Waals surface area contributed by atoms with Gasteiger partial charge >= 0.3 is 0 Å². The molecule has 1 heterocycles. The highest BCUT2D eigenvalue weighted by Crippen LogP contribution is 2.32. The van der Waals surface area contributed by atoms with Gasteiger partial charge in [0, 0.05) is 5.56 Å². The summed E-state index contributed by atoms with van der Waals surface area (Å²) in [4.78, 5) is 15.6. The van der Waals surface area contributed by atoms with Crippen molar-refractivity contribution in [1.82, 2.24) is 4.90 Å². The molecule has 1 saturated heterocycles. The Labute approximate surface area is 128 Å². The molecule has 3 rings (SSSR count). The van der Waals surface area contributed by atoms with Crippen molar-refractivity contribution in [3.05, 3.63) is 35.9 Å². The molecule has 1 aliphatic carbocycles. The SMILES string of the molecule is O=C(c1ccccc1)C(C1CCCCC1)N1CCCCC1. The summed E-state index contributed by atoms with van der Waals surface area (Å²) >= 11 is 0. The van der Waals surface area contributed by atoms with Crippen LogP contribution in [0.5, 0.6) is 0 Å². The second kappa shape index (κ2) is 7.22. The molecule has 1 aromatic carbocycles. The molecule has 0 aromatic heterocycles. The molecular formula is C19H27NO. The number of carbonyl (C=O) groups is 1. The fourth-order valence-electron chi connectivity index (χ4n) is 4.10. The minimum atomic E-state index is 0.132. The van der Waals surface area contributed by atoms with E-state index in [1.54, 1.807) is 0 Å². The van der Waals surface area contributed by atoms with E-state index in [1.165, 1.54) is 51.4 Å². The third kappa shape index (κ3) is 3.55. The highest BCUT2D eigenvalue weighted by atomic mass is 16.1. The normalized spacial score (nSPS) is 22.9. The van der Waals surface area contributed by atoms with Gasteiger partial charge in [-0.3, -0.25) is 9.69 Å². The van der Waals surface area contributed by atoms with Crippen molar-refractivity contribution < 1.29 is 4.79 Å². The topological polar surface area (TPSA) is 20.3 Å². The van der Waals surface area contributed by atoms with Crippen molar-refractivity contribution >= 4 is 5.78 Å². The Morgan fingerprint density at radius 2 is 1.52 bits per heavy atom. The molecule has 2 heteroatoms. The Balaban J connectivity index is 1.81. The predicted octanol–water partition coefficient (Wildman–Crippen LogP) is 4.30. The van der Waals surface area contributed by atoms with Crippen molar-refractivity contribution in [3.63, 3.8) is 0 Å². The molecule has 1 unspecified atom stereocenters. The molecule has 1 aliphatic heterocycles. The van der Waals surface area contributed by atoms with E-state index >= 15 is 0 Å². The van der Waals surface area contributed by atoms with Crippen LogP contribution in [0, 0.1) is 5.92 Å². The maximum Gasteiger partial charge on any atom is 0.180 e. The molecule has 2 nitrogen and oxygen atoms in total. The number of hydrogen-bond donors (Lipinski definition) is 0. The lowest BCUT2D eigenvalue weighted by Crippen LogP contribution is -2.49. The Morgan fingerprint density at radius 3 is 2.19 bits per heavy atom. The van der Waals surface area contributed by atoms with Gasteiger partial charge in [0.2, 0.25) is 0 Å². The highest BCUT2D eigenvalue weighted by molar-refractivity contribution is 6.00. The Morgan fingerprint density at radius 1 is 0.905 bits per heavy atom. The van der Waals surface area contributed by atoms with Crippen LogP contribution in [0.25, 0.3) is 0 Å². The van der Waals surface area contributed by atoms with Crippen molar-refractivity contribution in [2.24, 2.45) is 5.92 Å². The van der Waals surface area contributed by atoms with Crippen LogP contribution in [-0.4, -0.2) is 29.8 Å². The number of likely N-dealkylation sites (tertiary alicyclic amines) is 1. The van der Waals surface area contributed by atoms with Crippen molar-refractivity contribution in [2.45, 2.75) is 57.4 Å². The molecule has 0 bridgehead atoms. The molecule has 0 radical (unpaired) electrons. The first-order valence-corrected chi connectivity index (χ1v) is 8.69. The minimum absolute atomic E-state index is 0.132. The zero-order chi connectivity index (χ0) is 14.5. The maximum atomic E-state index is 13.1. The molecule has 1 saturated carbocycles. The Hall–Kier alpha value is -1.15. The fraction of sp³-hybridized carbons (Fsp3) is 0.632. The van der Waals surface area contributed by atoms with Crippen LogP contribution in [0.4, 0.5) is 0 Å². The summed E-state index contributed by atoms with van der Waals surface area (Å²) in [6.07, 6.45) is 10.3. The van der Waals surface area contributed by atoms with Gasteiger partial charge in [-0.2, -0.15) is 0 Å². The number of hydrogen-bond acceptors (Lipinski definition) is 2. The lowest BCUT2D eigenvalue weighted by Gasteiger charge is -2.39. The van der Waals surface area contributed by atoms with Gasteiger partial charge in [0.05, 0.1) is 6.04 Å². The number of rotatable bonds is 4. The van der Waals surface area contributed by atoms with E-state index in [9.17, 15) is 4.79 Å². The monoisotopic (exact) mass is 285 g/mol. The van der Waals surface area contributed by atoms with Gasteiger partial charge in [0.25, 0.3) is 0 Å². The number of benzene rings is 1. The van der Waals surface area contributed by atoms with Gasteiger partial charge in [-0.15, -0.1) is 0 Å². The zero-order valence-corrected chi connectivity index (χ0v) is 13.0. The van der Waals surface area contributed by atoms with Crippen LogP contribution < -0.4 is 0 Å². The molecule has 114 valence electrons. The van der Waals surface area contributed by atoms with Crippen LogP contribution in [0.1, 0.15) is 61.7 Å². The number of Topliss-reactive ketones (excluding diaryl/α,β-unsaturated/α-hetero) is 1. The van der Waals surface area contributed by atoms with Gasteiger partial charge < -0.3 is 0 Å². The van der Waals surface area contributed by atoms with E-state index in [0.29, 0.717) is 11.7 Å². The molecule has 0 amide bonds. The van der Waals surface area contributed by atoms with Gasteiger partial charge in [-0.1, -0.05) is 56.0 Å². The molecule has 1 aromatic rings. The Bertz CT molecular complexity index is 426. The third-order valence-corrected chi connectivity index (χ3v) is 5.21. The van der Waals surface area contributed by atoms with E-state index < -0.39 is 0 Å². The molecule has 2 fully saturated rings. The van der Waals surface area contributed by atoms with Gasteiger partial charge in [0.1, 0.15) is 0 Å². The zero-order valence-electron chi connectivity index (χ0n) is 13.0. The first kappa shape index (κ1) is 14.8. The van der Waals surface area contributed by atoms with Crippen LogP contribution in [0.15, 0.2) is 30.3 Å². The second-order valence-corrected chi connectivity index (χ2v) is 6.67. The van der Waals surface area contributed by atoms with Crippen LogP contribution in [-0.2, 0) is 0 Å². The van der Waals surface area contributed by atoms with Gasteiger partial charge in [-0.05, 0) is 44.7 Å². The summed E-state index contributed by atoms with van der Waals surface area (Å²) in [6, 6.07) is 10.1. The summed E-state index contributed by atoms with van der Waals surface area (Å²) in [7, 11) is 0. The van der Waals surface area contributed by atoms with Crippen molar-refractivity contribution in [1.29, 1.82) is 0 Å². The number of carbonyl (C=O) groups excluding carboxylic acids is 1. The standard InChI is InChI=1S/C19H27NO/c21-19(17-12-6-2-7-13-17)18(16-10-4-1-5-11-16)20-14-8-3-9-15-20/h2,6-7,12-13,16,18H,1,3-5,8-11,14-15H2. The fourth-order valence-corrected chi connectivity index (χ4v) is 4.10. The minimum Gasteiger partial charge on any atom is -0.293 e. The summed E-state index contributed by atoms with van der Waals surface area (Å²) < 4.78 is 0. The average Bonchev–Trinajstić information content (AvgIpc) is 2.58. The smallest absolute Gasteiger partial charge is 0.180 e. The summed E-state index contributed by atoms with van der Waals surface area (Å²) in [5.41, 5.74) is 0.902. The van der Waals surface area contributed by atoms with E-state index in [0.717, 1.165) is 18.7 Å². The predicted molar refractivity (Wildman–Crippen MR) is 86.6 cm³/mol. The van der Waals surface area contributed by atoms with E-state index in [2.05, 4.69) is 4.90 Å². The number of ketones is 1. The van der Waals surface area contributed by atoms with Gasteiger partial charge in [-0.25, -0.2) is 0 Å². The van der Waals surface area contributed by atoms with Crippen LogP contribution >= 0.6 is 0 Å². The third-order valence-electron chi connectivity index (χ3n) is 5.21. The quantitative estimate of drug-likeness (QED) is 0.769. The number of nitrogens with zero attached hydrogens (tertiary/aromatic N) is 1. The molecular weight excluding hydrogens is 258 g/mol. The summed E-state index contributed by atoms with van der Waals surface area (Å²) in [5, 5.41) is 0. The lowest BCUT2D eigenvalue weighted by molar-refractivity contribution is 0.0611. The van der Waals surface area contributed by atoms with Crippen molar-refractivity contribution in [2.75, 3.05) is 13.1 Å². The molecule has 0 N–H and O–H groups in total. The average molecular weight is 285 g/mol. The first-order valence-electron chi connectivity index (χ1n) is 8.69. The molecule has 1 atom stereocenters. The molecule has 0 spiro atoms. The van der Waals surface area contributed by atoms with Crippen LogP contribution in [0.2, 0.25) is 0 Å². The number of piperidine rings is 1. The van der Waals surface area contributed by atoms with Crippen LogP contribution in [0.3, 0.4) is 0 Å². The van der Waals surface area contributed by atoms with E-state index in [4.69, 9.17) is 0 Å². The summed E-state index contributed by atoms with van der Waals surface area (Å²) in [6.45, 7) is 2.22. The molecule has 2 aliphatic rings. The largest absolute Gasteiger partial charge is 0.293 e. The van der Waals surface area contributed by atoms with Gasteiger partial charge in [0.15, 0.2) is 5.78 Å². The lowest BCUT2D eigenvalue weighted by atomic mass is 9.79. The highest BCUT2D eigenvalue weighted by Gasteiger charge is 2.35. The maximum absolute atomic E-state index is 13.1. The summed E-state index contributed by atoms with van der Waals surface area (Å²) in [5.74, 6) is 0.939. The van der Waals surface area contributed by atoms with E-state index in [-0.39, 0.29) is 6.04 Å². The van der Waals surface area contributed by atoms with E-state index in [1.807, 2.05) is 30.3 Å². The Kier molecular flexibility index (Phi) is 5.08. The second-order valence-electron chi connectivity index (χ2n) is 6.67. The molecule has 21 heavy (non-hydrogen) atoms. The first-order chi connectivity index (χ1) is 10.4. The van der Waals surface area contributed by atoms with Crippen molar-refractivity contribution in [3.8, 4) is 0 Å².